The van der Waals surface area contributed by atoms with Crippen molar-refractivity contribution >= 4 is 15.7 Å². The number of ether oxygens (including phenoxy) is 2. The Bertz CT molecular complexity index is 895. The molecule has 0 N–H and O–H groups in total. The Morgan fingerprint density at radius 2 is 1.81 bits per heavy atom. The zero-order valence-electron chi connectivity index (χ0n) is 14.6. The van der Waals surface area contributed by atoms with Crippen LogP contribution in [0.1, 0.15) is 5.56 Å². The molecule has 2 aromatic rings. The average molecular weight is 392 g/mol. The average Bonchev–Trinajstić information content (AvgIpc) is 2.69. The molecule has 1 aliphatic rings. The summed E-state index contributed by atoms with van der Waals surface area (Å²) in [5.74, 6) is 0.0526. The summed E-state index contributed by atoms with van der Waals surface area (Å²) in [4.78, 5) is 10.7. The van der Waals surface area contributed by atoms with Crippen LogP contribution in [0, 0.1) is 10.1 Å². The standard InChI is InChI=1S/C18H20N2O6S/c21-20(22)17-14-16(27(23,24)19-9-12-25-13-10-19)6-7-18(17)26-11-8-15-4-2-1-3-5-15/h1-7,14H,8-13H2. The van der Waals surface area contributed by atoms with E-state index in [0.717, 1.165) is 11.6 Å². The van der Waals surface area contributed by atoms with Gasteiger partial charge >= 0.3 is 5.69 Å². The van der Waals surface area contributed by atoms with Gasteiger partial charge in [-0.25, -0.2) is 8.42 Å². The van der Waals surface area contributed by atoms with Crippen LogP contribution >= 0.6 is 0 Å². The molecule has 1 fully saturated rings. The largest absolute Gasteiger partial charge is 0.486 e. The van der Waals surface area contributed by atoms with E-state index >= 15 is 0 Å². The van der Waals surface area contributed by atoms with Crippen molar-refractivity contribution < 1.29 is 22.8 Å². The van der Waals surface area contributed by atoms with Crippen LogP contribution in [-0.2, 0) is 21.2 Å². The van der Waals surface area contributed by atoms with Crippen molar-refractivity contribution in [3.05, 3.63) is 64.2 Å². The number of rotatable bonds is 7. The van der Waals surface area contributed by atoms with Crippen molar-refractivity contribution in [2.45, 2.75) is 11.3 Å². The minimum Gasteiger partial charge on any atom is -0.486 e. The van der Waals surface area contributed by atoms with Crippen molar-refractivity contribution in [2.24, 2.45) is 0 Å². The van der Waals surface area contributed by atoms with Crippen LogP contribution in [-0.4, -0.2) is 50.6 Å². The molecule has 0 aliphatic carbocycles. The molecule has 0 unspecified atom stereocenters. The molecular formula is C18H20N2O6S. The van der Waals surface area contributed by atoms with Crippen molar-refractivity contribution in [1.29, 1.82) is 0 Å². The number of sulfonamides is 1. The van der Waals surface area contributed by atoms with E-state index in [2.05, 4.69) is 0 Å². The summed E-state index contributed by atoms with van der Waals surface area (Å²) in [6.07, 6.45) is 0.589. The van der Waals surface area contributed by atoms with Gasteiger partial charge in [0.15, 0.2) is 5.75 Å². The minimum atomic E-state index is -3.80. The molecule has 1 saturated heterocycles. The second kappa shape index (κ2) is 8.47. The van der Waals surface area contributed by atoms with Crippen molar-refractivity contribution in [1.82, 2.24) is 4.31 Å². The first-order chi connectivity index (χ1) is 13.0. The van der Waals surface area contributed by atoms with Gasteiger partial charge in [-0.2, -0.15) is 4.31 Å². The van der Waals surface area contributed by atoms with E-state index in [0.29, 0.717) is 19.6 Å². The van der Waals surface area contributed by atoms with Gasteiger partial charge in [-0.1, -0.05) is 30.3 Å². The minimum absolute atomic E-state index is 0.0526. The number of hydrogen-bond donors (Lipinski definition) is 0. The summed E-state index contributed by atoms with van der Waals surface area (Å²) >= 11 is 0. The SMILES string of the molecule is O=[N+]([O-])c1cc(S(=O)(=O)N2CCOCC2)ccc1OCCc1ccccc1. The van der Waals surface area contributed by atoms with Gasteiger partial charge in [-0.15, -0.1) is 0 Å². The van der Waals surface area contributed by atoms with E-state index in [9.17, 15) is 18.5 Å². The molecule has 1 aliphatic heterocycles. The molecule has 3 rings (SSSR count). The fourth-order valence-corrected chi connectivity index (χ4v) is 4.21. The predicted octanol–water partition coefficient (Wildman–Crippen LogP) is 2.24. The zero-order chi connectivity index (χ0) is 19.3. The molecule has 1 heterocycles. The van der Waals surface area contributed by atoms with Crippen LogP contribution in [0.15, 0.2) is 53.4 Å². The zero-order valence-corrected chi connectivity index (χ0v) is 15.4. The van der Waals surface area contributed by atoms with Gasteiger partial charge in [-0.3, -0.25) is 10.1 Å². The van der Waals surface area contributed by atoms with Gasteiger partial charge in [0.1, 0.15) is 0 Å². The van der Waals surface area contributed by atoms with Gasteiger partial charge in [0, 0.05) is 25.6 Å². The molecule has 0 spiro atoms. The van der Waals surface area contributed by atoms with Crippen LogP contribution in [0.4, 0.5) is 5.69 Å². The van der Waals surface area contributed by atoms with Gasteiger partial charge in [0.2, 0.25) is 10.0 Å². The summed E-state index contributed by atoms with van der Waals surface area (Å²) in [5, 5.41) is 11.4. The summed E-state index contributed by atoms with van der Waals surface area (Å²) < 4.78 is 37.3. The van der Waals surface area contributed by atoms with E-state index in [1.54, 1.807) is 0 Å². The fourth-order valence-electron chi connectivity index (χ4n) is 2.78. The van der Waals surface area contributed by atoms with E-state index < -0.39 is 14.9 Å². The Morgan fingerprint density at radius 1 is 1.11 bits per heavy atom. The molecule has 2 aromatic carbocycles. The Labute approximate surface area is 157 Å². The van der Waals surface area contributed by atoms with Crippen LogP contribution in [0.25, 0.3) is 0 Å². The third-order valence-electron chi connectivity index (χ3n) is 4.23. The molecule has 0 bridgehead atoms. The van der Waals surface area contributed by atoms with Crippen LogP contribution in [0.2, 0.25) is 0 Å². The maximum Gasteiger partial charge on any atom is 0.312 e. The highest BCUT2D eigenvalue weighted by molar-refractivity contribution is 7.89. The molecular weight excluding hydrogens is 372 g/mol. The molecule has 0 radical (unpaired) electrons. The second-order valence-corrected chi connectivity index (χ2v) is 7.93. The van der Waals surface area contributed by atoms with Gasteiger partial charge in [0.25, 0.3) is 0 Å². The van der Waals surface area contributed by atoms with E-state index in [-0.39, 0.29) is 36.0 Å². The molecule has 27 heavy (non-hydrogen) atoms. The van der Waals surface area contributed by atoms with Crippen molar-refractivity contribution in [2.75, 3.05) is 32.9 Å². The van der Waals surface area contributed by atoms with Crippen molar-refractivity contribution in [3.63, 3.8) is 0 Å². The number of morpholine rings is 1. The first kappa shape index (κ1) is 19.3. The highest BCUT2D eigenvalue weighted by atomic mass is 32.2. The maximum atomic E-state index is 12.7. The molecule has 144 valence electrons. The smallest absolute Gasteiger partial charge is 0.312 e. The Kier molecular flexibility index (Phi) is 6.04. The van der Waals surface area contributed by atoms with E-state index in [1.165, 1.54) is 16.4 Å². The Morgan fingerprint density at radius 3 is 2.48 bits per heavy atom. The lowest BCUT2D eigenvalue weighted by atomic mass is 10.2. The number of nitro groups is 1. The number of nitrogens with zero attached hydrogens (tertiary/aromatic N) is 2. The molecule has 0 saturated carbocycles. The lowest BCUT2D eigenvalue weighted by molar-refractivity contribution is -0.386. The number of benzene rings is 2. The third kappa shape index (κ3) is 4.62. The van der Waals surface area contributed by atoms with Gasteiger partial charge in [0.05, 0.1) is 29.6 Å². The summed E-state index contributed by atoms with van der Waals surface area (Å²) in [6.45, 7) is 1.32. The fraction of sp³-hybridized carbons (Fsp3) is 0.333. The quantitative estimate of drug-likeness (QED) is 0.529. The molecule has 9 heteroatoms. The third-order valence-corrected chi connectivity index (χ3v) is 6.12. The lowest BCUT2D eigenvalue weighted by Crippen LogP contribution is -2.40. The topological polar surface area (TPSA) is 99.0 Å². The molecule has 0 aromatic heterocycles. The Balaban J connectivity index is 1.77. The maximum absolute atomic E-state index is 12.7. The van der Waals surface area contributed by atoms with E-state index in [1.807, 2.05) is 30.3 Å². The van der Waals surface area contributed by atoms with Crippen LogP contribution in [0.5, 0.6) is 5.75 Å². The predicted molar refractivity (Wildman–Crippen MR) is 98.3 cm³/mol. The summed E-state index contributed by atoms with van der Waals surface area (Å²) in [5.41, 5.74) is 0.684. The Hall–Kier alpha value is -2.49. The molecule has 8 nitrogen and oxygen atoms in total. The monoisotopic (exact) mass is 392 g/mol. The first-order valence-electron chi connectivity index (χ1n) is 8.51. The van der Waals surface area contributed by atoms with Crippen molar-refractivity contribution in [3.8, 4) is 5.75 Å². The highest BCUT2D eigenvalue weighted by Gasteiger charge is 2.29. The van der Waals surface area contributed by atoms with Crippen LogP contribution < -0.4 is 4.74 Å². The lowest BCUT2D eigenvalue weighted by Gasteiger charge is -2.26. The number of hydrogen-bond acceptors (Lipinski definition) is 6. The van der Waals surface area contributed by atoms with Gasteiger partial charge in [-0.05, 0) is 17.7 Å². The highest BCUT2D eigenvalue weighted by Crippen LogP contribution is 2.31. The van der Waals surface area contributed by atoms with Crippen LogP contribution in [0.3, 0.4) is 0 Å². The second-order valence-electron chi connectivity index (χ2n) is 5.99. The van der Waals surface area contributed by atoms with Gasteiger partial charge < -0.3 is 9.47 Å². The number of nitro benzene ring substituents is 1. The summed E-state index contributed by atoms with van der Waals surface area (Å²) in [7, 11) is -3.80. The molecule has 0 amide bonds. The first-order valence-corrected chi connectivity index (χ1v) is 9.95. The molecule has 0 atom stereocenters. The van der Waals surface area contributed by atoms with E-state index in [4.69, 9.17) is 9.47 Å². The summed E-state index contributed by atoms with van der Waals surface area (Å²) in [6, 6.07) is 13.3. The normalized spacial score (nSPS) is 15.4.